The highest BCUT2D eigenvalue weighted by atomic mass is 32.2. The summed E-state index contributed by atoms with van der Waals surface area (Å²) in [6.07, 6.45) is 1.55. The number of carbonyl (C=O) groups is 1. The lowest BCUT2D eigenvalue weighted by molar-refractivity contribution is 0.0197. The second-order valence-corrected chi connectivity index (χ2v) is 8.72. The van der Waals surface area contributed by atoms with E-state index in [4.69, 9.17) is 9.47 Å². The van der Waals surface area contributed by atoms with Gasteiger partial charge in [-0.2, -0.15) is 0 Å². The number of hydrogen-bond donors (Lipinski definition) is 0. The average molecular weight is 390 g/mol. The number of methoxy groups -OCH3 is 1. The van der Waals surface area contributed by atoms with Gasteiger partial charge in [-0.25, -0.2) is 14.1 Å². The molecule has 0 bridgehead atoms. The van der Waals surface area contributed by atoms with Crippen molar-refractivity contribution in [2.45, 2.75) is 38.2 Å². The van der Waals surface area contributed by atoms with Crippen molar-refractivity contribution in [3.05, 3.63) is 30.0 Å². The van der Waals surface area contributed by atoms with Crippen LogP contribution < -0.4 is 4.74 Å². The Kier molecular flexibility index (Phi) is 5.81. The van der Waals surface area contributed by atoms with Crippen molar-refractivity contribution in [1.82, 2.24) is 14.2 Å². The van der Waals surface area contributed by atoms with Crippen LogP contribution in [0.2, 0.25) is 0 Å². The molecule has 2 aromatic rings. The van der Waals surface area contributed by atoms with E-state index in [1.54, 1.807) is 30.2 Å². The Morgan fingerprint density at radius 1 is 1.11 bits per heavy atom. The van der Waals surface area contributed by atoms with Crippen LogP contribution in [-0.2, 0) is 4.74 Å². The maximum absolute atomic E-state index is 12.2. The van der Waals surface area contributed by atoms with E-state index in [1.807, 2.05) is 26.8 Å². The van der Waals surface area contributed by atoms with Gasteiger partial charge in [-0.3, -0.25) is 0 Å². The Morgan fingerprint density at radius 2 is 1.81 bits per heavy atom. The first-order valence-electron chi connectivity index (χ1n) is 9.11. The second-order valence-electron chi connectivity index (χ2n) is 7.61. The van der Waals surface area contributed by atoms with Gasteiger partial charge in [-0.1, -0.05) is 6.07 Å². The molecule has 1 saturated heterocycles. The van der Waals surface area contributed by atoms with Gasteiger partial charge < -0.3 is 14.4 Å². The Morgan fingerprint density at radius 3 is 2.44 bits per heavy atom. The van der Waals surface area contributed by atoms with E-state index in [1.165, 1.54) is 10.5 Å². The van der Waals surface area contributed by atoms with Gasteiger partial charge in [-0.05, 0) is 57.3 Å². The van der Waals surface area contributed by atoms with Crippen LogP contribution in [0, 0.1) is 6.92 Å². The fourth-order valence-corrected chi connectivity index (χ4v) is 4.10. The minimum atomic E-state index is -0.462. The first-order valence-corrected chi connectivity index (χ1v) is 9.89. The fraction of sp³-hybridized carbons (Fsp3) is 0.500. The number of aryl methyl sites for hydroxylation is 1. The third kappa shape index (κ3) is 4.65. The summed E-state index contributed by atoms with van der Waals surface area (Å²) in [7, 11) is 1.64. The van der Waals surface area contributed by atoms with Crippen molar-refractivity contribution < 1.29 is 14.3 Å². The molecular weight excluding hydrogens is 362 g/mol. The average Bonchev–Trinajstić information content (AvgIpc) is 2.62. The van der Waals surface area contributed by atoms with Crippen LogP contribution in [0.5, 0.6) is 5.88 Å². The first-order chi connectivity index (χ1) is 12.8. The zero-order valence-corrected chi connectivity index (χ0v) is 17.4. The zero-order valence-electron chi connectivity index (χ0n) is 16.6. The van der Waals surface area contributed by atoms with Gasteiger partial charge in [0.2, 0.25) is 5.88 Å². The molecule has 0 saturated carbocycles. The molecule has 0 spiro atoms. The van der Waals surface area contributed by atoms with Crippen molar-refractivity contribution >= 4 is 28.8 Å². The molecule has 1 fully saturated rings. The number of ether oxygens (including phenoxy) is 2. The van der Waals surface area contributed by atoms with Crippen molar-refractivity contribution in [3.8, 4) is 5.88 Å². The Labute approximate surface area is 165 Å². The predicted molar refractivity (Wildman–Crippen MR) is 108 cm³/mol. The van der Waals surface area contributed by atoms with Crippen molar-refractivity contribution in [2.75, 3.05) is 33.3 Å². The molecule has 0 unspecified atom stereocenters. The van der Waals surface area contributed by atoms with Crippen LogP contribution in [0.3, 0.4) is 0 Å². The second kappa shape index (κ2) is 7.94. The number of piperazine rings is 1. The molecule has 1 amide bonds. The molecule has 3 rings (SSSR count). The quantitative estimate of drug-likeness (QED) is 0.737. The molecular formula is C20H27N3O3S. The number of nitrogens with zero attached hydrogens (tertiary/aromatic N) is 3. The minimum absolute atomic E-state index is 0.232. The number of carbonyl (C=O) groups excluding carboxylic acids is 1. The highest BCUT2D eigenvalue weighted by Gasteiger charge is 2.26. The van der Waals surface area contributed by atoms with Crippen LogP contribution in [0.1, 0.15) is 26.3 Å². The van der Waals surface area contributed by atoms with E-state index in [2.05, 4.69) is 28.3 Å². The molecule has 146 valence electrons. The Bertz CT molecular complexity index is 827. The monoisotopic (exact) mass is 389 g/mol. The molecule has 1 aliphatic heterocycles. The first kappa shape index (κ1) is 19.8. The molecule has 0 N–H and O–H groups in total. The van der Waals surface area contributed by atoms with E-state index in [0.29, 0.717) is 19.0 Å². The topological polar surface area (TPSA) is 54.9 Å². The SMILES string of the molecule is COc1nccc2c(SN3CCN(C(=O)OC(C)(C)C)CC3)c(C)ccc12. The summed E-state index contributed by atoms with van der Waals surface area (Å²) in [5, 5.41) is 2.15. The molecule has 1 aliphatic rings. The summed E-state index contributed by atoms with van der Waals surface area (Å²) < 4.78 is 13.2. The predicted octanol–water partition coefficient (Wildman–Crippen LogP) is 4.11. The Balaban J connectivity index is 1.71. The number of pyridine rings is 1. The zero-order chi connectivity index (χ0) is 19.6. The van der Waals surface area contributed by atoms with Gasteiger partial charge in [0.05, 0.1) is 7.11 Å². The van der Waals surface area contributed by atoms with Crippen LogP contribution in [0.15, 0.2) is 29.3 Å². The van der Waals surface area contributed by atoms with Gasteiger partial charge in [-0.15, -0.1) is 0 Å². The summed E-state index contributed by atoms with van der Waals surface area (Å²) in [6.45, 7) is 10.7. The summed E-state index contributed by atoms with van der Waals surface area (Å²) in [5.74, 6) is 0.643. The molecule has 1 aromatic heterocycles. The number of amides is 1. The lowest BCUT2D eigenvalue weighted by Gasteiger charge is -2.35. The molecule has 2 heterocycles. The maximum atomic E-state index is 12.2. The third-order valence-electron chi connectivity index (χ3n) is 4.36. The van der Waals surface area contributed by atoms with E-state index < -0.39 is 5.60 Å². The van der Waals surface area contributed by atoms with Gasteiger partial charge in [0.1, 0.15) is 5.60 Å². The van der Waals surface area contributed by atoms with Crippen LogP contribution >= 0.6 is 11.9 Å². The third-order valence-corrected chi connectivity index (χ3v) is 5.71. The molecule has 27 heavy (non-hydrogen) atoms. The van der Waals surface area contributed by atoms with Gasteiger partial charge in [0, 0.05) is 48.0 Å². The molecule has 0 aliphatic carbocycles. The lowest BCUT2D eigenvalue weighted by atomic mass is 10.1. The minimum Gasteiger partial charge on any atom is -0.481 e. The van der Waals surface area contributed by atoms with Crippen LogP contribution in [0.4, 0.5) is 4.79 Å². The maximum Gasteiger partial charge on any atom is 0.410 e. The Hall–Kier alpha value is -1.99. The number of benzene rings is 1. The lowest BCUT2D eigenvalue weighted by Crippen LogP contribution is -2.47. The number of hydrogen-bond acceptors (Lipinski definition) is 6. The largest absolute Gasteiger partial charge is 0.481 e. The standard InChI is InChI=1S/C20H27N3O3S/c1-14-6-7-16-15(8-9-21-18(16)25-5)17(14)27-23-12-10-22(11-13-23)19(24)26-20(2,3)4/h6-9H,10-13H2,1-5H3. The summed E-state index contributed by atoms with van der Waals surface area (Å²) in [4.78, 5) is 19.5. The van der Waals surface area contributed by atoms with Crippen LogP contribution in [-0.4, -0.2) is 59.2 Å². The van der Waals surface area contributed by atoms with Crippen molar-refractivity contribution in [1.29, 1.82) is 0 Å². The van der Waals surface area contributed by atoms with E-state index >= 15 is 0 Å². The van der Waals surface area contributed by atoms with E-state index in [0.717, 1.165) is 23.9 Å². The van der Waals surface area contributed by atoms with E-state index in [9.17, 15) is 4.79 Å². The summed E-state index contributed by atoms with van der Waals surface area (Å²) in [6, 6.07) is 6.19. The summed E-state index contributed by atoms with van der Waals surface area (Å²) >= 11 is 1.74. The highest BCUT2D eigenvalue weighted by Crippen LogP contribution is 2.36. The number of rotatable bonds is 3. The smallest absolute Gasteiger partial charge is 0.410 e. The van der Waals surface area contributed by atoms with Crippen molar-refractivity contribution in [3.63, 3.8) is 0 Å². The molecule has 7 heteroatoms. The molecule has 0 radical (unpaired) electrons. The van der Waals surface area contributed by atoms with Gasteiger partial charge in [0.15, 0.2) is 0 Å². The van der Waals surface area contributed by atoms with Crippen molar-refractivity contribution in [2.24, 2.45) is 0 Å². The normalized spacial score (nSPS) is 15.8. The molecule has 6 nitrogen and oxygen atoms in total. The number of fused-ring (bicyclic) bond motifs is 1. The van der Waals surface area contributed by atoms with Crippen LogP contribution in [0.25, 0.3) is 10.8 Å². The van der Waals surface area contributed by atoms with Gasteiger partial charge in [0.25, 0.3) is 0 Å². The fourth-order valence-electron chi connectivity index (χ4n) is 3.01. The molecule has 0 atom stereocenters. The molecule has 1 aromatic carbocycles. The summed E-state index contributed by atoms with van der Waals surface area (Å²) in [5.41, 5.74) is 0.756. The highest BCUT2D eigenvalue weighted by molar-refractivity contribution is 7.97. The van der Waals surface area contributed by atoms with Gasteiger partial charge >= 0.3 is 6.09 Å². The van der Waals surface area contributed by atoms with E-state index in [-0.39, 0.29) is 6.09 Å². The number of aromatic nitrogens is 1.